The molecular weight excluding hydrogens is 296 g/mol. The molecule has 2 aliphatic heterocycles. The van der Waals surface area contributed by atoms with E-state index < -0.39 is 0 Å². The number of unbranched alkanes of at least 4 members (excludes halogenated alkanes) is 1. The molecule has 2 N–H and O–H groups in total. The number of nitrogens with zero attached hydrogens (tertiary/aromatic N) is 1. The molecule has 2 aliphatic rings. The summed E-state index contributed by atoms with van der Waals surface area (Å²) in [6.07, 6.45) is 3.70. The zero-order valence-corrected chi connectivity index (χ0v) is 13.7. The molecule has 1 saturated heterocycles. The number of phenolic OH excluding ortho intramolecular Hbond substituents is 1. The highest BCUT2D eigenvalue weighted by Gasteiger charge is 2.40. The number of ether oxygens (including phenoxy) is 2. The number of hydrogen-bond acceptors (Lipinski definition) is 5. The van der Waals surface area contributed by atoms with Crippen LogP contribution in [0.4, 0.5) is 5.69 Å². The summed E-state index contributed by atoms with van der Waals surface area (Å²) in [5.74, 6) is 0.275. The van der Waals surface area contributed by atoms with Gasteiger partial charge in [-0.25, -0.2) is 0 Å². The van der Waals surface area contributed by atoms with Gasteiger partial charge in [-0.15, -0.1) is 0 Å². The zero-order chi connectivity index (χ0) is 16.4. The number of phenols is 1. The van der Waals surface area contributed by atoms with Gasteiger partial charge in [0.2, 0.25) is 0 Å². The monoisotopic (exact) mass is 320 g/mol. The summed E-state index contributed by atoms with van der Waals surface area (Å²) < 4.78 is 11.1. The third-order valence-corrected chi connectivity index (χ3v) is 4.57. The van der Waals surface area contributed by atoms with Crippen LogP contribution < -0.4 is 10.1 Å². The van der Waals surface area contributed by atoms with Crippen molar-refractivity contribution < 1.29 is 19.4 Å². The first-order valence-corrected chi connectivity index (χ1v) is 8.24. The van der Waals surface area contributed by atoms with Gasteiger partial charge in [-0.1, -0.05) is 13.3 Å². The molecule has 126 valence electrons. The zero-order valence-electron chi connectivity index (χ0n) is 13.7. The molecular formula is C17H24N2O4. The van der Waals surface area contributed by atoms with E-state index in [4.69, 9.17) is 9.47 Å². The van der Waals surface area contributed by atoms with E-state index in [2.05, 4.69) is 12.2 Å². The van der Waals surface area contributed by atoms with Crippen molar-refractivity contribution in [1.29, 1.82) is 0 Å². The summed E-state index contributed by atoms with van der Waals surface area (Å²) in [4.78, 5) is 14.9. The summed E-state index contributed by atoms with van der Waals surface area (Å²) in [6, 6.07) is 3.28. The van der Waals surface area contributed by atoms with Crippen LogP contribution in [0.2, 0.25) is 0 Å². The van der Waals surface area contributed by atoms with Crippen LogP contribution in [-0.4, -0.2) is 48.4 Å². The lowest BCUT2D eigenvalue weighted by Gasteiger charge is -2.28. The van der Waals surface area contributed by atoms with Gasteiger partial charge in [-0.3, -0.25) is 4.79 Å². The Balaban J connectivity index is 1.87. The Hall–Kier alpha value is -1.95. The molecule has 1 fully saturated rings. The average molecular weight is 320 g/mol. The first-order chi connectivity index (χ1) is 11.2. The molecule has 6 heteroatoms. The second-order valence-electron chi connectivity index (χ2n) is 6.07. The van der Waals surface area contributed by atoms with E-state index in [0.29, 0.717) is 30.2 Å². The highest BCUT2D eigenvalue weighted by atomic mass is 16.5. The third-order valence-electron chi connectivity index (χ3n) is 4.57. The molecule has 2 unspecified atom stereocenters. The normalized spacial score (nSPS) is 23.0. The van der Waals surface area contributed by atoms with Crippen molar-refractivity contribution in [2.75, 3.05) is 25.6 Å². The number of amides is 1. The molecule has 6 nitrogen and oxygen atoms in total. The number of anilines is 1. The topological polar surface area (TPSA) is 71.0 Å². The van der Waals surface area contributed by atoms with Crippen LogP contribution in [0.15, 0.2) is 12.1 Å². The summed E-state index contributed by atoms with van der Waals surface area (Å²) >= 11 is 0. The number of carbonyl (C=O) groups is 1. The van der Waals surface area contributed by atoms with Gasteiger partial charge in [0.05, 0.1) is 24.4 Å². The molecule has 0 aromatic heterocycles. The van der Waals surface area contributed by atoms with E-state index in [0.717, 1.165) is 25.7 Å². The van der Waals surface area contributed by atoms with Crippen LogP contribution in [0.25, 0.3) is 0 Å². The molecule has 0 radical (unpaired) electrons. The van der Waals surface area contributed by atoms with Gasteiger partial charge in [-0.05, 0) is 25.3 Å². The van der Waals surface area contributed by atoms with Crippen molar-refractivity contribution in [1.82, 2.24) is 4.90 Å². The van der Waals surface area contributed by atoms with Crippen molar-refractivity contribution >= 4 is 11.6 Å². The molecule has 0 bridgehead atoms. The number of hydrogen-bond donors (Lipinski definition) is 2. The predicted octanol–water partition coefficient (Wildman–Crippen LogP) is 2.57. The van der Waals surface area contributed by atoms with Gasteiger partial charge < -0.3 is 24.8 Å². The molecule has 1 aromatic carbocycles. The summed E-state index contributed by atoms with van der Waals surface area (Å²) in [5, 5.41) is 13.2. The first kappa shape index (κ1) is 15.9. The maximum Gasteiger partial charge on any atom is 0.258 e. The molecule has 0 spiro atoms. The Labute approximate surface area is 136 Å². The number of carbonyl (C=O) groups excluding carboxylic acids is 1. The third kappa shape index (κ3) is 2.95. The van der Waals surface area contributed by atoms with Gasteiger partial charge in [-0.2, -0.15) is 0 Å². The average Bonchev–Trinajstić information content (AvgIpc) is 2.89. The minimum Gasteiger partial charge on any atom is -0.504 e. The lowest BCUT2D eigenvalue weighted by Crippen LogP contribution is -2.43. The number of fused-ring (bicyclic) bond motifs is 2. The summed E-state index contributed by atoms with van der Waals surface area (Å²) in [7, 11) is 1.48. The first-order valence-electron chi connectivity index (χ1n) is 8.24. The van der Waals surface area contributed by atoms with Crippen LogP contribution in [0.1, 0.15) is 43.0 Å². The smallest absolute Gasteiger partial charge is 0.258 e. The van der Waals surface area contributed by atoms with Crippen LogP contribution >= 0.6 is 0 Å². The molecule has 1 aromatic rings. The molecule has 23 heavy (non-hydrogen) atoms. The van der Waals surface area contributed by atoms with Crippen LogP contribution in [0, 0.1) is 0 Å². The van der Waals surface area contributed by atoms with Crippen LogP contribution in [-0.2, 0) is 4.74 Å². The largest absolute Gasteiger partial charge is 0.504 e. The van der Waals surface area contributed by atoms with E-state index in [-0.39, 0.29) is 23.9 Å². The summed E-state index contributed by atoms with van der Waals surface area (Å²) in [5.41, 5.74) is 1.17. The summed E-state index contributed by atoms with van der Waals surface area (Å²) in [6.45, 7) is 3.46. The highest BCUT2D eigenvalue weighted by Crippen LogP contribution is 2.37. The van der Waals surface area contributed by atoms with Crippen molar-refractivity contribution in [3.05, 3.63) is 17.7 Å². The number of rotatable bonds is 5. The fourth-order valence-corrected chi connectivity index (χ4v) is 3.29. The Bertz CT molecular complexity index is 590. The molecule has 2 atom stereocenters. The lowest BCUT2D eigenvalue weighted by molar-refractivity contribution is -0.0340. The number of methoxy groups -OCH3 is 1. The maximum atomic E-state index is 13.0. The fraction of sp³-hybridized carbons (Fsp3) is 0.588. The number of benzene rings is 1. The second kappa shape index (κ2) is 6.66. The Kier molecular flexibility index (Phi) is 4.61. The van der Waals surface area contributed by atoms with Crippen molar-refractivity contribution in [3.8, 4) is 11.5 Å². The fourth-order valence-electron chi connectivity index (χ4n) is 3.29. The lowest BCUT2D eigenvalue weighted by atomic mass is 10.1. The minimum atomic E-state index is -0.161. The van der Waals surface area contributed by atoms with Crippen molar-refractivity contribution in [3.63, 3.8) is 0 Å². The quantitative estimate of drug-likeness (QED) is 0.816. The number of nitrogens with one attached hydrogen (secondary N) is 1. The molecule has 2 heterocycles. The van der Waals surface area contributed by atoms with Crippen LogP contribution in [0.3, 0.4) is 0 Å². The predicted molar refractivity (Wildman–Crippen MR) is 87.0 cm³/mol. The van der Waals surface area contributed by atoms with Gasteiger partial charge >= 0.3 is 0 Å². The number of aromatic hydroxyl groups is 1. The van der Waals surface area contributed by atoms with E-state index in [1.54, 1.807) is 12.1 Å². The molecule has 0 saturated carbocycles. The maximum absolute atomic E-state index is 13.0. The van der Waals surface area contributed by atoms with Crippen molar-refractivity contribution in [2.24, 2.45) is 0 Å². The van der Waals surface area contributed by atoms with Gasteiger partial charge in [0.25, 0.3) is 5.91 Å². The standard InChI is InChI=1S/C17H24N2O4/c1-3-4-7-23-16-6-5-11-10-18-13-9-14(20)15(22-2)8-12(13)17(21)19(11)16/h8-9,11,16,18,20H,3-7,10H2,1-2H3. The Morgan fingerprint density at radius 3 is 2.96 bits per heavy atom. The van der Waals surface area contributed by atoms with Gasteiger partial charge in [0.1, 0.15) is 6.23 Å². The van der Waals surface area contributed by atoms with Gasteiger partial charge in [0, 0.05) is 19.2 Å². The van der Waals surface area contributed by atoms with E-state index in [1.165, 1.54) is 7.11 Å². The van der Waals surface area contributed by atoms with Gasteiger partial charge in [0.15, 0.2) is 11.5 Å². The van der Waals surface area contributed by atoms with E-state index in [9.17, 15) is 9.90 Å². The Morgan fingerprint density at radius 1 is 1.39 bits per heavy atom. The van der Waals surface area contributed by atoms with Crippen LogP contribution in [0.5, 0.6) is 11.5 Å². The molecule has 0 aliphatic carbocycles. The second-order valence-corrected chi connectivity index (χ2v) is 6.07. The minimum absolute atomic E-state index is 0.0318. The Morgan fingerprint density at radius 2 is 2.22 bits per heavy atom. The SMILES string of the molecule is CCCCOC1CCC2CNc3cc(O)c(OC)cc3C(=O)N21. The van der Waals surface area contributed by atoms with Crippen molar-refractivity contribution in [2.45, 2.75) is 44.9 Å². The van der Waals surface area contributed by atoms with E-state index >= 15 is 0 Å². The van der Waals surface area contributed by atoms with E-state index in [1.807, 2.05) is 4.90 Å². The molecule has 3 rings (SSSR count). The molecule has 1 amide bonds. The highest BCUT2D eigenvalue weighted by molar-refractivity contribution is 6.01.